The van der Waals surface area contributed by atoms with E-state index in [-0.39, 0.29) is 36.2 Å². The Morgan fingerprint density at radius 1 is 1.08 bits per heavy atom. The van der Waals surface area contributed by atoms with E-state index in [4.69, 9.17) is 5.11 Å². The molecule has 0 unspecified atom stereocenters. The van der Waals surface area contributed by atoms with Gasteiger partial charge in [-0.1, -0.05) is 45.1 Å². The van der Waals surface area contributed by atoms with E-state index < -0.39 is 12.1 Å². The number of rotatable bonds is 13. The zero-order chi connectivity index (χ0) is 18.7. The van der Waals surface area contributed by atoms with Crippen LogP contribution >= 0.6 is 0 Å². The summed E-state index contributed by atoms with van der Waals surface area (Å²) >= 11 is 0. The van der Waals surface area contributed by atoms with Crippen molar-refractivity contribution < 1.29 is 24.6 Å². The molecule has 0 aliphatic heterocycles. The highest BCUT2D eigenvalue weighted by Crippen LogP contribution is 2.34. The van der Waals surface area contributed by atoms with E-state index in [0.29, 0.717) is 19.3 Å². The fraction of sp³-hybridized carbons (Fsp3) is 0.750. The highest BCUT2D eigenvalue weighted by atomic mass is 16.4. The maximum Gasteiger partial charge on any atom is 0.303 e. The average Bonchev–Trinajstić information content (AvgIpc) is 2.82. The summed E-state index contributed by atoms with van der Waals surface area (Å²) in [5, 5.41) is 18.7. The second-order valence-corrected chi connectivity index (χ2v) is 7.05. The third-order valence-electron chi connectivity index (χ3n) is 4.92. The number of carboxylic acid groups (broad SMARTS) is 1. The number of ketones is 2. The molecular weight excluding hydrogens is 320 g/mol. The number of aliphatic carboxylic acids is 1. The van der Waals surface area contributed by atoms with Crippen molar-refractivity contribution in [2.24, 2.45) is 11.8 Å². The quantitative estimate of drug-likeness (QED) is 0.390. The Morgan fingerprint density at radius 3 is 2.44 bits per heavy atom. The van der Waals surface area contributed by atoms with Gasteiger partial charge in [-0.25, -0.2) is 0 Å². The van der Waals surface area contributed by atoms with Crippen LogP contribution in [0.15, 0.2) is 12.2 Å². The number of carbonyl (C=O) groups is 3. The third kappa shape index (κ3) is 8.43. The third-order valence-corrected chi connectivity index (χ3v) is 4.92. The highest BCUT2D eigenvalue weighted by Gasteiger charge is 2.39. The van der Waals surface area contributed by atoms with Crippen LogP contribution < -0.4 is 0 Å². The molecule has 0 spiro atoms. The number of aliphatic hydroxyl groups is 1. The topological polar surface area (TPSA) is 91.7 Å². The summed E-state index contributed by atoms with van der Waals surface area (Å²) < 4.78 is 0. The van der Waals surface area contributed by atoms with Gasteiger partial charge in [0.2, 0.25) is 0 Å². The van der Waals surface area contributed by atoms with E-state index in [2.05, 4.69) is 6.92 Å². The van der Waals surface area contributed by atoms with Crippen LogP contribution in [0.4, 0.5) is 0 Å². The van der Waals surface area contributed by atoms with Gasteiger partial charge in [0.25, 0.3) is 0 Å². The van der Waals surface area contributed by atoms with E-state index in [9.17, 15) is 19.5 Å². The molecule has 0 aromatic rings. The second kappa shape index (κ2) is 12.0. The Labute approximate surface area is 150 Å². The predicted molar refractivity (Wildman–Crippen MR) is 96.2 cm³/mol. The Morgan fingerprint density at radius 2 is 1.76 bits per heavy atom. The number of Topliss-reactive ketones (excluding diaryl/α,β-unsaturated/α-hetero) is 1. The van der Waals surface area contributed by atoms with Crippen molar-refractivity contribution in [3.63, 3.8) is 0 Å². The molecule has 2 N–H and O–H groups in total. The summed E-state index contributed by atoms with van der Waals surface area (Å²) in [4.78, 5) is 34.4. The lowest BCUT2D eigenvalue weighted by atomic mass is 9.88. The molecule has 0 aromatic heterocycles. The van der Waals surface area contributed by atoms with Crippen LogP contribution in [-0.4, -0.2) is 33.9 Å². The molecule has 0 heterocycles. The molecule has 1 fully saturated rings. The first-order valence-corrected chi connectivity index (χ1v) is 9.59. The lowest BCUT2D eigenvalue weighted by Crippen LogP contribution is -2.19. The summed E-state index contributed by atoms with van der Waals surface area (Å²) in [5.41, 5.74) is 0. The van der Waals surface area contributed by atoms with Crippen LogP contribution in [0.25, 0.3) is 0 Å². The Balaban J connectivity index is 2.40. The number of carboxylic acids is 1. The van der Waals surface area contributed by atoms with Crippen molar-refractivity contribution in [3.8, 4) is 0 Å². The predicted octanol–water partition coefficient (Wildman–Crippen LogP) is 3.68. The van der Waals surface area contributed by atoms with Gasteiger partial charge in [0, 0.05) is 31.1 Å². The van der Waals surface area contributed by atoms with Crippen molar-refractivity contribution in [1.82, 2.24) is 0 Å². The highest BCUT2D eigenvalue weighted by molar-refractivity contribution is 5.90. The van der Waals surface area contributed by atoms with Crippen molar-refractivity contribution in [3.05, 3.63) is 12.2 Å². The number of hydrogen-bond acceptors (Lipinski definition) is 4. The average molecular weight is 352 g/mol. The summed E-state index contributed by atoms with van der Waals surface area (Å²) in [6.45, 7) is 2.09. The number of carbonyl (C=O) groups excluding carboxylic acids is 2. The zero-order valence-corrected chi connectivity index (χ0v) is 15.3. The van der Waals surface area contributed by atoms with E-state index in [0.717, 1.165) is 38.5 Å². The summed E-state index contributed by atoms with van der Waals surface area (Å²) in [6.07, 6.45) is 10.4. The summed E-state index contributed by atoms with van der Waals surface area (Å²) in [7, 11) is 0. The maximum atomic E-state index is 12.1. The molecule has 0 aromatic carbocycles. The molecule has 0 radical (unpaired) electrons. The van der Waals surface area contributed by atoms with E-state index in [1.807, 2.05) is 0 Å². The van der Waals surface area contributed by atoms with E-state index in [1.54, 1.807) is 12.2 Å². The molecule has 3 atom stereocenters. The standard InChI is InChI=1S/C20H32O5/c1-2-3-6-9-15(21)12-13-17-16(18(22)14-19(17)23)10-7-4-5-8-11-20(24)25/h12-13,16-17,19,23H,2-11,14H2,1H3,(H,24,25)/b13-12+/t16-,17+,19-/m1/s1. The van der Waals surface area contributed by atoms with Crippen LogP contribution in [0.1, 0.15) is 77.6 Å². The van der Waals surface area contributed by atoms with Crippen LogP contribution in [0, 0.1) is 11.8 Å². The summed E-state index contributed by atoms with van der Waals surface area (Å²) in [6, 6.07) is 0. The largest absolute Gasteiger partial charge is 0.481 e. The molecular formula is C20H32O5. The fourth-order valence-corrected chi connectivity index (χ4v) is 3.44. The molecule has 5 heteroatoms. The molecule has 1 aliphatic rings. The number of unbranched alkanes of at least 4 members (excludes halogenated alkanes) is 5. The zero-order valence-electron chi connectivity index (χ0n) is 15.3. The van der Waals surface area contributed by atoms with Gasteiger partial charge >= 0.3 is 5.97 Å². The molecule has 1 rings (SSSR count). The van der Waals surface area contributed by atoms with Gasteiger partial charge in [-0.2, -0.15) is 0 Å². The monoisotopic (exact) mass is 352 g/mol. The molecule has 5 nitrogen and oxygen atoms in total. The van der Waals surface area contributed by atoms with Gasteiger partial charge in [-0.3, -0.25) is 14.4 Å². The van der Waals surface area contributed by atoms with E-state index >= 15 is 0 Å². The maximum absolute atomic E-state index is 12.1. The molecule has 25 heavy (non-hydrogen) atoms. The van der Waals surface area contributed by atoms with Gasteiger partial charge in [-0.05, 0) is 25.3 Å². The minimum atomic E-state index is -0.775. The number of allylic oxidation sites excluding steroid dienone is 1. The van der Waals surface area contributed by atoms with Crippen LogP contribution in [0.2, 0.25) is 0 Å². The van der Waals surface area contributed by atoms with Crippen molar-refractivity contribution in [2.45, 2.75) is 83.7 Å². The van der Waals surface area contributed by atoms with E-state index in [1.165, 1.54) is 0 Å². The first-order valence-electron chi connectivity index (χ1n) is 9.59. The fourth-order valence-electron chi connectivity index (χ4n) is 3.44. The van der Waals surface area contributed by atoms with Crippen LogP contribution in [0.5, 0.6) is 0 Å². The van der Waals surface area contributed by atoms with Gasteiger partial charge < -0.3 is 10.2 Å². The Kier molecular flexibility index (Phi) is 10.3. The molecule has 1 aliphatic carbocycles. The SMILES string of the molecule is CCCCCC(=O)/C=C/[C@@H]1[C@H](O)CC(=O)[C@@H]1CCCCCCC(=O)O. The first kappa shape index (κ1) is 21.6. The van der Waals surface area contributed by atoms with Gasteiger partial charge in [0.1, 0.15) is 5.78 Å². The molecule has 0 amide bonds. The van der Waals surface area contributed by atoms with Gasteiger partial charge in [0.05, 0.1) is 6.10 Å². The Hall–Kier alpha value is -1.49. The summed E-state index contributed by atoms with van der Waals surface area (Å²) in [5.74, 6) is -1.11. The molecule has 0 saturated heterocycles. The van der Waals surface area contributed by atoms with Gasteiger partial charge in [0.15, 0.2) is 5.78 Å². The normalized spacial score (nSPS) is 23.4. The smallest absolute Gasteiger partial charge is 0.303 e. The second-order valence-electron chi connectivity index (χ2n) is 7.05. The lowest BCUT2D eigenvalue weighted by molar-refractivity contribution is -0.137. The number of hydrogen-bond donors (Lipinski definition) is 2. The molecule has 1 saturated carbocycles. The van der Waals surface area contributed by atoms with Crippen molar-refractivity contribution in [1.29, 1.82) is 0 Å². The lowest BCUT2D eigenvalue weighted by Gasteiger charge is -2.17. The van der Waals surface area contributed by atoms with Crippen molar-refractivity contribution in [2.75, 3.05) is 0 Å². The minimum Gasteiger partial charge on any atom is -0.481 e. The van der Waals surface area contributed by atoms with Crippen LogP contribution in [-0.2, 0) is 14.4 Å². The Bertz CT molecular complexity index is 469. The van der Waals surface area contributed by atoms with Crippen molar-refractivity contribution >= 4 is 17.5 Å². The molecule has 142 valence electrons. The van der Waals surface area contributed by atoms with Gasteiger partial charge in [-0.15, -0.1) is 0 Å². The number of aliphatic hydroxyl groups excluding tert-OH is 1. The van der Waals surface area contributed by atoms with Crippen LogP contribution in [0.3, 0.4) is 0 Å². The minimum absolute atomic E-state index is 0.0624. The first-order chi connectivity index (χ1) is 12.0. The molecule has 0 bridgehead atoms.